The monoisotopic (exact) mass is 981 g/mol. The van der Waals surface area contributed by atoms with Crippen molar-refractivity contribution in [3.05, 3.63) is 241 Å². The molecule has 0 bridgehead atoms. The molecule has 0 saturated heterocycles. The second-order valence-electron chi connectivity index (χ2n) is 22.1. The van der Waals surface area contributed by atoms with E-state index in [1.807, 2.05) is 0 Å². The number of rotatable bonds is 6. The lowest BCUT2D eigenvalue weighted by molar-refractivity contribution is 0.455. The van der Waals surface area contributed by atoms with Gasteiger partial charge in [-0.05, 0) is 140 Å². The summed E-state index contributed by atoms with van der Waals surface area (Å²) in [6.45, 7) is 11.6. The van der Waals surface area contributed by atoms with Crippen molar-refractivity contribution in [3.8, 4) is 56.1 Å². The topological polar surface area (TPSA) is 20.6 Å². The van der Waals surface area contributed by atoms with E-state index in [2.05, 4.69) is 273 Å². The van der Waals surface area contributed by atoms with Crippen molar-refractivity contribution in [3.63, 3.8) is 0 Å². The molecule has 4 heterocycles. The maximum Gasteiger partial charge on any atom is 0.333 e. The normalized spacial score (nSPS) is 14.0. The van der Waals surface area contributed by atoms with Crippen LogP contribution in [0.25, 0.3) is 55.5 Å². The van der Waals surface area contributed by atoms with E-state index in [1.165, 1.54) is 88.8 Å². The molecule has 0 fully saturated rings. The molecule has 75 heavy (non-hydrogen) atoms. The van der Waals surface area contributed by atoms with Gasteiger partial charge in [-0.25, -0.2) is 0 Å². The minimum Gasteiger partial charge on any atom is -0.455 e. The summed E-state index contributed by atoms with van der Waals surface area (Å²) in [6, 6.07) is 83.3. The molecule has 1 aromatic heterocycles. The van der Waals surface area contributed by atoms with Crippen LogP contribution in [0.3, 0.4) is 0 Å². The van der Waals surface area contributed by atoms with Crippen molar-refractivity contribution in [2.24, 2.45) is 0 Å². The number of hydrogen-bond donors (Lipinski definition) is 0. The summed E-state index contributed by atoms with van der Waals surface area (Å²) >= 11 is 1.80. The molecule has 10 aromatic carbocycles. The molecule has 0 amide bonds. The molecule has 4 aliphatic rings. The van der Waals surface area contributed by atoms with Crippen LogP contribution in [-0.4, -0.2) is 11.3 Å². The smallest absolute Gasteiger partial charge is 0.333 e. The van der Waals surface area contributed by atoms with E-state index in [4.69, 9.17) is 4.74 Å². The summed E-state index contributed by atoms with van der Waals surface area (Å²) in [5.41, 5.74) is 24.0. The molecular weight excluding hydrogens is 930 g/mol. The molecule has 0 spiro atoms. The van der Waals surface area contributed by atoms with Gasteiger partial charge in [0.15, 0.2) is 0 Å². The Bertz CT molecular complexity index is 4100. The van der Waals surface area contributed by atoms with Crippen LogP contribution in [0.1, 0.15) is 51.3 Å². The van der Waals surface area contributed by atoms with Crippen LogP contribution < -0.4 is 25.5 Å². The SMILES string of the molecule is CC(C)(C)c1ccc(N2c3cc4c(cc3B3c5c(cc(-c6ccccc6)cc52)-c2cc(N(c5ccccc5)c5ccccc5)cc5c6c(n3c25)-c2ccccc2C6(C)C)Oc2ccccc2S4)c(-c2ccccc2)c1. The Morgan fingerprint density at radius 1 is 0.493 bits per heavy atom. The predicted molar refractivity (Wildman–Crippen MR) is 315 cm³/mol. The second-order valence-corrected chi connectivity index (χ2v) is 23.2. The Morgan fingerprint density at radius 2 is 1.15 bits per heavy atom. The molecule has 11 aromatic rings. The predicted octanol–water partition coefficient (Wildman–Crippen LogP) is 17.7. The van der Waals surface area contributed by atoms with E-state index >= 15 is 0 Å². The largest absolute Gasteiger partial charge is 0.455 e. The lowest BCUT2D eigenvalue weighted by Crippen LogP contribution is -2.57. The van der Waals surface area contributed by atoms with Crippen LogP contribution >= 0.6 is 11.8 Å². The Hall–Kier alpha value is -8.45. The maximum atomic E-state index is 7.01. The van der Waals surface area contributed by atoms with Crippen molar-refractivity contribution in [2.75, 3.05) is 9.80 Å². The average Bonchev–Trinajstić information content (AvgIpc) is 3.93. The molecule has 0 radical (unpaired) electrons. The number of anilines is 6. The number of benzene rings is 10. The fourth-order valence-corrected chi connectivity index (χ4v) is 13.8. The molecule has 0 saturated carbocycles. The molecule has 15 rings (SSSR count). The van der Waals surface area contributed by atoms with Crippen LogP contribution in [-0.2, 0) is 10.8 Å². The fraction of sp³-hybridized carbons (Fsp3) is 0.101. The first-order valence-corrected chi connectivity index (χ1v) is 27.0. The third kappa shape index (κ3) is 6.58. The first-order chi connectivity index (χ1) is 36.6. The lowest BCUT2D eigenvalue weighted by Gasteiger charge is -2.42. The molecule has 6 heteroatoms. The number of hydrogen-bond acceptors (Lipinski definition) is 4. The van der Waals surface area contributed by atoms with Crippen molar-refractivity contribution >= 4 is 74.6 Å². The van der Waals surface area contributed by atoms with Gasteiger partial charge in [0.1, 0.15) is 11.5 Å². The van der Waals surface area contributed by atoms with Gasteiger partial charge in [0.05, 0.1) is 15.5 Å². The van der Waals surface area contributed by atoms with E-state index in [-0.39, 0.29) is 17.7 Å². The standard InChI is InChI=1S/C69H52BN3OS/c1-68(2,3)46-34-35-57(51(38-46)44-24-12-7-13-25-44)72-58-42-63-61(74-60-32-20-21-33-62(60)75-63)41-56(58)70-65-52(36-45(37-59(65)72)43-22-10-6-11-23-43)53-39-49(71(47-26-14-8-15-27-47)48-28-16-9-17-29-48)40-54-64-67(73(70)66(53)54)50-30-18-19-31-55(50)69(64,4)5/h6-42H,1-5H3. The zero-order valence-corrected chi connectivity index (χ0v) is 43.4. The Morgan fingerprint density at radius 3 is 1.87 bits per heavy atom. The Kier molecular flexibility index (Phi) is 9.57. The number of ether oxygens (including phenoxy) is 1. The first-order valence-electron chi connectivity index (χ1n) is 26.2. The average molecular weight is 982 g/mol. The minimum absolute atomic E-state index is 0.0706. The second kappa shape index (κ2) is 16.3. The van der Waals surface area contributed by atoms with Gasteiger partial charge < -0.3 is 19.0 Å². The van der Waals surface area contributed by atoms with Crippen LogP contribution in [0.5, 0.6) is 11.5 Å². The molecule has 358 valence electrons. The molecule has 4 nitrogen and oxygen atoms in total. The zero-order chi connectivity index (χ0) is 50.3. The summed E-state index contributed by atoms with van der Waals surface area (Å²) in [5, 5.41) is 1.28. The van der Waals surface area contributed by atoms with E-state index in [0.717, 1.165) is 49.7 Å². The highest BCUT2D eigenvalue weighted by Crippen LogP contribution is 2.59. The lowest BCUT2D eigenvalue weighted by atomic mass is 9.44. The van der Waals surface area contributed by atoms with Crippen molar-refractivity contribution in [1.82, 2.24) is 4.48 Å². The Labute approximate surface area is 443 Å². The van der Waals surface area contributed by atoms with Crippen molar-refractivity contribution < 1.29 is 4.74 Å². The highest BCUT2D eigenvalue weighted by molar-refractivity contribution is 7.99. The summed E-state index contributed by atoms with van der Waals surface area (Å²) < 4.78 is 9.77. The number of para-hydroxylation sites is 3. The van der Waals surface area contributed by atoms with Gasteiger partial charge in [0, 0.05) is 67.1 Å². The Balaban J connectivity index is 1.12. The highest BCUT2D eigenvalue weighted by Gasteiger charge is 2.49. The summed E-state index contributed by atoms with van der Waals surface area (Å²) in [6.07, 6.45) is 0. The van der Waals surface area contributed by atoms with Crippen molar-refractivity contribution in [1.29, 1.82) is 0 Å². The molecular formula is C69H52BN3OS. The van der Waals surface area contributed by atoms with Crippen LogP contribution in [0.2, 0.25) is 0 Å². The van der Waals surface area contributed by atoms with E-state index < -0.39 is 0 Å². The summed E-state index contributed by atoms with van der Waals surface area (Å²) in [5.74, 6) is 1.78. The van der Waals surface area contributed by atoms with Crippen LogP contribution in [0.4, 0.5) is 34.1 Å². The van der Waals surface area contributed by atoms with Gasteiger partial charge in [0.25, 0.3) is 0 Å². The quantitative estimate of drug-likeness (QED) is 0.155. The number of nitrogens with zero attached hydrogens (tertiary/aromatic N) is 3. The maximum absolute atomic E-state index is 7.01. The van der Waals surface area contributed by atoms with Crippen LogP contribution in [0.15, 0.2) is 234 Å². The first kappa shape index (κ1) is 44.1. The molecule has 1 aliphatic carbocycles. The minimum atomic E-state index is -0.299. The van der Waals surface area contributed by atoms with Gasteiger partial charge >= 0.3 is 6.85 Å². The molecule has 0 N–H and O–H groups in total. The van der Waals surface area contributed by atoms with E-state index in [9.17, 15) is 0 Å². The van der Waals surface area contributed by atoms with Gasteiger partial charge in [0.2, 0.25) is 0 Å². The number of aromatic nitrogens is 1. The van der Waals surface area contributed by atoms with E-state index in [0.29, 0.717) is 0 Å². The third-order valence-corrected chi connectivity index (χ3v) is 17.4. The fourth-order valence-electron chi connectivity index (χ4n) is 12.9. The summed E-state index contributed by atoms with van der Waals surface area (Å²) in [7, 11) is 0. The van der Waals surface area contributed by atoms with E-state index in [1.54, 1.807) is 11.8 Å². The summed E-state index contributed by atoms with van der Waals surface area (Å²) in [4.78, 5) is 7.27. The third-order valence-electron chi connectivity index (χ3n) is 16.3. The molecule has 3 aliphatic heterocycles. The number of fused-ring (bicyclic) bond motifs is 11. The van der Waals surface area contributed by atoms with Gasteiger partial charge in [-0.1, -0.05) is 186 Å². The van der Waals surface area contributed by atoms with Crippen LogP contribution in [0, 0.1) is 0 Å². The zero-order valence-electron chi connectivity index (χ0n) is 42.6. The highest BCUT2D eigenvalue weighted by atomic mass is 32.2. The molecule has 0 unspecified atom stereocenters. The van der Waals surface area contributed by atoms with Gasteiger partial charge in [-0.2, -0.15) is 0 Å². The molecule has 0 atom stereocenters. The van der Waals surface area contributed by atoms with Gasteiger partial charge in [-0.15, -0.1) is 0 Å². The van der Waals surface area contributed by atoms with Gasteiger partial charge in [-0.3, -0.25) is 0 Å². The van der Waals surface area contributed by atoms with Crippen molar-refractivity contribution in [2.45, 2.75) is 55.2 Å².